The number of carbonyl (C=O) groups is 1. The van der Waals surface area contributed by atoms with E-state index in [1.165, 1.54) is 0 Å². The number of piperidine rings is 1. The molecule has 1 amide bonds. The smallest absolute Gasteiger partial charge is 0.253 e. The molecule has 22 heavy (non-hydrogen) atoms. The van der Waals surface area contributed by atoms with Crippen LogP contribution in [0.25, 0.3) is 0 Å². The van der Waals surface area contributed by atoms with Crippen LogP contribution in [0.2, 0.25) is 0 Å². The first-order valence-corrected chi connectivity index (χ1v) is 9.31. The van der Waals surface area contributed by atoms with Gasteiger partial charge in [-0.3, -0.25) is 4.79 Å². The molecule has 0 bridgehead atoms. The van der Waals surface area contributed by atoms with Crippen molar-refractivity contribution in [2.24, 2.45) is 11.7 Å². The number of rotatable bonds is 5. The highest BCUT2D eigenvalue weighted by atomic mass is 32.2. The molecular formula is C15H23N3O3S. The standard InChI is InChI=1S/C15H23N3O3S/c1-22(20,21)17-10-13-3-2-8-18(11-13)15(19)14-6-4-12(9-16)5-7-14/h4-7,13,17H,2-3,8-11,16H2,1H3. The van der Waals surface area contributed by atoms with Crippen LogP contribution in [0.1, 0.15) is 28.8 Å². The van der Waals surface area contributed by atoms with E-state index in [0.717, 1.165) is 24.7 Å². The predicted molar refractivity (Wildman–Crippen MR) is 85.8 cm³/mol. The van der Waals surface area contributed by atoms with Crippen LogP contribution in [-0.4, -0.2) is 45.1 Å². The Bertz CT molecular complexity index is 613. The summed E-state index contributed by atoms with van der Waals surface area (Å²) in [7, 11) is -3.19. The number of nitrogens with one attached hydrogen (secondary N) is 1. The lowest BCUT2D eigenvalue weighted by Crippen LogP contribution is -2.43. The fourth-order valence-corrected chi connectivity index (χ4v) is 3.19. The number of hydrogen-bond donors (Lipinski definition) is 2. The topological polar surface area (TPSA) is 92.5 Å². The largest absolute Gasteiger partial charge is 0.338 e. The minimum absolute atomic E-state index is 0.00683. The van der Waals surface area contributed by atoms with Gasteiger partial charge in [-0.25, -0.2) is 13.1 Å². The fourth-order valence-electron chi connectivity index (χ4n) is 2.65. The molecule has 1 aliphatic heterocycles. The molecule has 1 aliphatic rings. The Kier molecular flexibility index (Phi) is 5.55. The highest BCUT2D eigenvalue weighted by molar-refractivity contribution is 7.88. The second-order valence-corrected chi connectivity index (χ2v) is 7.61. The maximum atomic E-state index is 12.5. The van der Waals surface area contributed by atoms with Gasteiger partial charge in [-0.2, -0.15) is 0 Å². The van der Waals surface area contributed by atoms with E-state index in [1.54, 1.807) is 17.0 Å². The van der Waals surface area contributed by atoms with Crippen LogP contribution < -0.4 is 10.5 Å². The zero-order valence-electron chi connectivity index (χ0n) is 12.8. The third-order valence-corrected chi connectivity index (χ3v) is 4.57. The van der Waals surface area contributed by atoms with Crippen molar-refractivity contribution in [1.82, 2.24) is 9.62 Å². The second kappa shape index (κ2) is 7.21. The molecule has 1 unspecified atom stereocenters. The minimum atomic E-state index is -3.19. The molecule has 6 nitrogen and oxygen atoms in total. The van der Waals surface area contributed by atoms with Crippen molar-refractivity contribution in [3.63, 3.8) is 0 Å². The summed E-state index contributed by atoms with van der Waals surface area (Å²) >= 11 is 0. The lowest BCUT2D eigenvalue weighted by molar-refractivity contribution is 0.0676. The third-order valence-electron chi connectivity index (χ3n) is 3.88. The number of benzene rings is 1. The average molecular weight is 325 g/mol. The van der Waals surface area contributed by atoms with Gasteiger partial charge in [-0.05, 0) is 36.5 Å². The van der Waals surface area contributed by atoms with Crippen molar-refractivity contribution in [3.05, 3.63) is 35.4 Å². The molecule has 0 spiro atoms. The van der Waals surface area contributed by atoms with E-state index in [-0.39, 0.29) is 11.8 Å². The molecule has 1 aromatic rings. The van der Waals surface area contributed by atoms with Gasteiger partial charge in [0.1, 0.15) is 0 Å². The number of amides is 1. The van der Waals surface area contributed by atoms with Crippen LogP contribution in [0.4, 0.5) is 0 Å². The van der Waals surface area contributed by atoms with Gasteiger partial charge in [0, 0.05) is 31.7 Å². The highest BCUT2D eigenvalue weighted by Gasteiger charge is 2.24. The van der Waals surface area contributed by atoms with E-state index in [0.29, 0.717) is 31.7 Å². The van der Waals surface area contributed by atoms with Crippen LogP contribution in [0.3, 0.4) is 0 Å². The lowest BCUT2D eigenvalue weighted by Gasteiger charge is -2.32. The highest BCUT2D eigenvalue weighted by Crippen LogP contribution is 2.18. The Morgan fingerprint density at radius 3 is 2.64 bits per heavy atom. The molecule has 1 atom stereocenters. The molecule has 1 saturated heterocycles. The maximum absolute atomic E-state index is 12.5. The maximum Gasteiger partial charge on any atom is 0.253 e. The quantitative estimate of drug-likeness (QED) is 0.827. The number of hydrogen-bond acceptors (Lipinski definition) is 4. The summed E-state index contributed by atoms with van der Waals surface area (Å²) in [6.45, 7) is 2.14. The Hall–Kier alpha value is -1.44. The molecule has 1 fully saturated rings. The van der Waals surface area contributed by atoms with Crippen molar-refractivity contribution >= 4 is 15.9 Å². The molecule has 7 heteroatoms. The first-order chi connectivity index (χ1) is 10.4. The Morgan fingerprint density at radius 1 is 1.36 bits per heavy atom. The van der Waals surface area contributed by atoms with Crippen LogP contribution in [0.5, 0.6) is 0 Å². The van der Waals surface area contributed by atoms with Crippen molar-refractivity contribution < 1.29 is 13.2 Å². The number of carbonyl (C=O) groups excluding carboxylic acids is 1. The molecule has 0 saturated carbocycles. The van der Waals surface area contributed by atoms with E-state index >= 15 is 0 Å². The second-order valence-electron chi connectivity index (χ2n) is 5.78. The van der Waals surface area contributed by atoms with Crippen LogP contribution >= 0.6 is 0 Å². The minimum Gasteiger partial charge on any atom is -0.338 e. The Labute approximate surface area is 131 Å². The molecule has 2 rings (SSSR count). The number of nitrogens with zero attached hydrogens (tertiary/aromatic N) is 1. The molecule has 0 radical (unpaired) electrons. The number of nitrogens with two attached hydrogens (primary N) is 1. The molecular weight excluding hydrogens is 302 g/mol. The van der Waals surface area contributed by atoms with Crippen LogP contribution in [-0.2, 0) is 16.6 Å². The summed E-state index contributed by atoms with van der Waals surface area (Å²) in [6, 6.07) is 7.31. The van der Waals surface area contributed by atoms with Crippen molar-refractivity contribution in [3.8, 4) is 0 Å². The monoisotopic (exact) mass is 325 g/mol. The van der Waals surface area contributed by atoms with Crippen molar-refractivity contribution in [2.45, 2.75) is 19.4 Å². The van der Waals surface area contributed by atoms with Crippen molar-refractivity contribution in [1.29, 1.82) is 0 Å². The van der Waals surface area contributed by atoms with Gasteiger partial charge in [-0.15, -0.1) is 0 Å². The SMILES string of the molecule is CS(=O)(=O)NCC1CCCN(C(=O)c2ccc(CN)cc2)C1. The zero-order chi connectivity index (χ0) is 16.2. The zero-order valence-corrected chi connectivity index (χ0v) is 13.6. The van der Waals surface area contributed by atoms with Gasteiger partial charge in [0.15, 0.2) is 0 Å². The molecule has 1 aromatic carbocycles. The Balaban J connectivity index is 1.97. The van der Waals surface area contributed by atoms with E-state index in [4.69, 9.17) is 5.73 Å². The van der Waals surface area contributed by atoms with Crippen molar-refractivity contribution in [2.75, 3.05) is 25.9 Å². The van der Waals surface area contributed by atoms with Gasteiger partial charge in [0.25, 0.3) is 5.91 Å². The van der Waals surface area contributed by atoms with E-state index in [1.807, 2.05) is 12.1 Å². The summed E-state index contributed by atoms with van der Waals surface area (Å²) in [5.41, 5.74) is 7.19. The summed E-state index contributed by atoms with van der Waals surface area (Å²) < 4.78 is 24.9. The van der Waals surface area contributed by atoms with Gasteiger partial charge >= 0.3 is 0 Å². The van der Waals surface area contributed by atoms with Crippen LogP contribution in [0.15, 0.2) is 24.3 Å². The van der Waals surface area contributed by atoms with Gasteiger partial charge in [-0.1, -0.05) is 12.1 Å². The van der Waals surface area contributed by atoms with Crippen LogP contribution in [0, 0.1) is 5.92 Å². The van der Waals surface area contributed by atoms with E-state index in [9.17, 15) is 13.2 Å². The van der Waals surface area contributed by atoms with Gasteiger partial charge < -0.3 is 10.6 Å². The normalized spacial score (nSPS) is 19.2. The summed E-state index contributed by atoms with van der Waals surface area (Å²) in [5.74, 6) is 0.156. The van der Waals surface area contributed by atoms with Gasteiger partial charge in [0.2, 0.25) is 10.0 Å². The molecule has 0 aliphatic carbocycles. The molecule has 1 heterocycles. The summed E-state index contributed by atoms with van der Waals surface area (Å²) in [4.78, 5) is 14.3. The molecule has 3 N–H and O–H groups in total. The summed E-state index contributed by atoms with van der Waals surface area (Å²) in [6.07, 6.45) is 2.97. The third kappa shape index (κ3) is 4.79. The van der Waals surface area contributed by atoms with E-state index < -0.39 is 10.0 Å². The lowest BCUT2D eigenvalue weighted by atomic mass is 9.97. The predicted octanol–water partition coefficient (Wildman–Crippen LogP) is 0.547. The molecule has 122 valence electrons. The number of sulfonamides is 1. The average Bonchev–Trinajstić information content (AvgIpc) is 2.52. The first-order valence-electron chi connectivity index (χ1n) is 7.42. The summed E-state index contributed by atoms with van der Waals surface area (Å²) in [5, 5.41) is 0. The first kappa shape index (κ1) is 16.9. The Morgan fingerprint density at radius 2 is 2.05 bits per heavy atom. The fraction of sp³-hybridized carbons (Fsp3) is 0.533. The van der Waals surface area contributed by atoms with Gasteiger partial charge in [0.05, 0.1) is 6.26 Å². The number of likely N-dealkylation sites (tertiary alicyclic amines) is 1. The molecule has 0 aromatic heterocycles. The van der Waals surface area contributed by atoms with E-state index in [2.05, 4.69) is 4.72 Å².